The van der Waals surface area contributed by atoms with E-state index in [9.17, 15) is 13.6 Å². The molecule has 1 aromatic heterocycles. The number of nitriles is 1. The van der Waals surface area contributed by atoms with E-state index in [4.69, 9.17) is 16.9 Å². The lowest BCUT2D eigenvalue weighted by Gasteiger charge is -2.08. The SMILES string of the molecule is CCOC(=O)Cc1nc(Cl)cc(C(F)F)c1C#N. The van der Waals surface area contributed by atoms with E-state index in [1.165, 1.54) is 0 Å². The minimum Gasteiger partial charge on any atom is -0.466 e. The number of ether oxygens (including phenoxy) is 1. The van der Waals surface area contributed by atoms with Crippen LogP contribution >= 0.6 is 11.6 Å². The van der Waals surface area contributed by atoms with Crippen LogP contribution < -0.4 is 0 Å². The first-order valence-corrected chi connectivity index (χ1v) is 5.40. The number of hydrogen-bond donors (Lipinski definition) is 0. The normalized spacial score (nSPS) is 10.2. The van der Waals surface area contributed by atoms with Crippen molar-refractivity contribution in [3.8, 4) is 6.07 Å². The number of nitrogens with zero attached hydrogens (tertiary/aromatic N) is 2. The molecule has 0 aliphatic heterocycles. The van der Waals surface area contributed by atoms with E-state index in [0.29, 0.717) is 0 Å². The summed E-state index contributed by atoms with van der Waals surface area (Å²) >= 11 is 5.58. The highest BCUT2D eigenvalue weighted by atomic mass is 35.5. The van der Waals surface area contributed by atoms with Gasteiger partial charge in [-0.25, -0.2) is 13.8 Å². The maximum absolute atomic E-state index is 12.7. The molecule has 7 heteroatoms. The second kappa shape index (κ2) is 6.26. The van der Waals surface area contributed by atoms with Crippen LogP contribution in [0.4, 0.5) is 8.78 Å². The highest BCUT2D eigenvalue weighted by molar-refractivity contribution is 6.29. The fraction of sp³-hybridized carbons (Fsp3) is 0.364. The molecule has 0 spiro atoms. The molecule has 0 saturated heterocycles. The summed E-state index contributed by atoms with van der Waals surface area (Å²) in [6.07, 6.45) is -3.22. The molecule has 0 saturated carbocycles. The van der Waals surface area contributed by atoms with Crippen molar-refractivity contribution in [1.29, 1.82) is 5.26 Å². The summed E-state index contributed by atoms with van der Waals surface area (Å²) < 4.78 is 30.1. The van der Waals surface area contributed by atoms with Gasteiger partial charge in [0.2, 0.25) is 0 Å². The molecule has 0 amide bonds. The van der Waals surface area contributed by atoms with Gasteiger partial charge in [0, 0.05) is 5.56 Å². The molecule has 1 aromatic rings. The van der Waals surface area contributed by atoms with E-state index < -0.39 is 18.0 Å². The summed E-state index contributed by atoms with van der Waals surface area (Å²) in [7, 11) is 0. The Hall–Kier alpha value is -1.74. The van der Waals surface area contributed by atoms with Crippen molar-refractivity contribution in [2.24, 2.45) is 0 Å². The summed E-state index contributed by atoms with van der Waals surface area (Å²) in [5.41, 5.74) is -0.960. The first-order chi connectivity index (χ1) is 8.49. The van der Waals surface area contributed by atoms with Crippen molar-refractivity contribution < 1.29 is 18.3 Å². The molecule has 0 aliphatic rings. The van der Waals surface area contributed by atoms with Gasteiger partial charge >= 0.3 is 5.97 Å². The Morgan fingerprint density at radius 3 is 2.83 bits per heavy atom. The van der Waals surface area contributed by atoms with Crippen molar-refractivity contribution >= 4 is 17.6 Å². The zero-order valence-electron chi connectivity index (χ0n) is 9.41. The number of aromatic nitrogens is 1. The largest absolute Gasteiger partial charge is 0.466 e. The molecule has 0 N–H and O–H groups in total. The van der Waals surface area contributed by atoms with Crippen LogP contribution in [0.3, 0.4) is 0 Å². The van der Waals surface area contributed by atoms with Gasteiger partial charge in [0.1, 0.15) is 11.2 Å². The molecule has 0 radical (unpaired) electrons. The molecule has 96 valence electrons. The van der Waals surface area contributed by atoms with Gasteiger partial charge in [-0.15, -0.1) is 0 Å². The van der Waals surface area contributed by atoms with Gasteiger partial charge in [-0.05, 0) is 13.0 Å². The van der Waals surface area contributed by atoms with Gasteiger partial charge in [0.15, 0.2) is 0 Å². The molecule has 0 atom stereocenters. The Morgan fingerprint density at radius 1 is 1.67 bits per heavy atom. The summed E-state index contributed by atoms with van der Waals surface area (Å²) in [6, 6.07) is 2.53. The number of alkyl halides is 2. The van der Waals surface area contributed by atoms with Gasteiger partial charge in [-0.2, -0.15) is 5.26 Å². The van der Waals surface area contributed by atoms with Gasteiger partial charge in [-0.3, -0.25) is 4.79 Å². The van der Waals surface area contributed by atoms with Crippen LogP contribution in [0.25, 0.3) is 0 Å². The number of esters is 1. The molecular formula is C11H9ClF2N2O2. The second-order valence-corrected chi connectivity index (χ2v) is 3.64. The van der Waals surface area contributed by atoms with Crippen molar-refractivity contribution in [3.05, 3.63) is 28.0 Å². The number of halogens is 3. The predicted molar refractivity (Wildman–Crippen MR) is 59.3 cm³/mol. The Kier molecular flexibility index (Phi) is 4.98. The van der Waals surface area contributed by atoms with E-state index in [1.807, 2.05) is 0 Å². The average molecular weight is 275 g/mol. The van der Waals surface area contributed by atoms with E-state index in [0.717, 1.165) is 6.07 Å². The van der Waals surface area contributed by atoms with Crippen molar-refractivity contribution in [3.63, 3.8) is 0 Å². The molecule has 1 rings (SSSR count). The maximum atomic E-state index is 12.7. The highest BCUT2D eigenvalue weighted by Crippen LogP contribution is 2.27. The smallest absolute Gasteiger partial charge is 0.311 e. The Bertz CT molecular complexity index is 501. The third-order valence-electron chi connectivity index (χ3n) is 2.06. The summed E-state index contributed by atoms with van der Waals surface area (Å²) in [4.78, 5) is 15.0. The first-order valence-electron chi connectivity index (χ1n) is 5.02. The Labute approximate surface area is 107 Å². The number of pyridine rings is 1. The first kappa shape index (κ1) is 14.3. The second-order valence-electron chi connectivity index (χ2n) is 3.25. The minimum atomic E-state index is -2.86. The lowest BCUT2D eigenvalue weighted by Crippen LogP contribution is -2.11. The zero-order valence-corrected chi connectivity index (χ0v) is 10.2. The van der Waals surface area contributed by atoms with Crippen molar-refractivity contribution in [1.82, 2.24) is 4.98 Å². The van der Waals surface area contributed by atoms with Gasteiger partial charge in [0.05, 0.1) is 24.3 Å². The molecular weight excluding hydrogens is 266 g/mol. The molecule has 18 heavy (non-hydrogen) atoms. The van der Waals surface area contributed by atoms with Gasteiger partial charge < -0.3 is 4.74 Å². The van der Waals surface area contributed by atoms with E-state index >= 15 is 0 Å². The monoisotopic (exact) mass is 274 g/mol. The van der Waals surface area contributed by atoms with Crippen LogP contribution in [-0.2, 0) is 16.0 Å². The fourth-order valence-corrected chi connectivity index (χ4v) is 1.58. The van der Waals surface area contributed by atoms with E-state index in [1.54, 1.807) is 13.0 Å². The third kappa shape index (κ3) is 3.37. The quantitative estimate of drug-likeness (QED) is 0.625. The highest BCUT2D eigenvalue weighted by Gasteiger charge is 2.20. The lowest BCUT2D eigenvalue weighted by molar-refractivity contribution is -0.142. The Morgan fingerprint density at radius 2 is 2.33 bits per heavy atom. The van der Waals surface area contributed by atoms with Crippen molar-refractivity contribution in [2.75, 3.05) is 6.61 Å². The molecule has 0 aromatic carbocycles. The summed E-state index contributed by atoms with van der Waals surface area (Å²) in [6.45, 7) is 1.77. The van der Waals surface area contributed by atoms with Crippen LogP contribution in [0.5, 0.6) is 0 Å². The van der Waals surface area contributed by atoms with Gasteiger partial charge in [-0.1, -0.05) is 11.6 Å². The number of hydrogen-bond acceptors (Lipinski definition) is 4. The molecule has 0 unspecified atom stereocenters. The van der Waals surface area contributed by atoms with Crippen molar-refractivity contribution in [2.45, 2.75) is 19.8 Å². The molecule has 4 nitrogen and oxygen atoms in total. The molecule has 1 heterocycles. The maximum Gasteiger partial charge on any atom is 0.311 e. The van der Waals surface area contributed by atoms with Crippen LogP contribution in [0.1, 0.15) is 30.2 Å². The summed E-state index contributed by atoms with van der Waals surface area (Å²) in [5, 5.41) is 8.67. The van der Waals surface area contributed by atoms with E-state index in [-0.39, 0.29) is 29.4 Å². The lowest BCUT2D eigenvalue weighted by atomic mass is 10.1. The third-order valence-corrected chi connectivity index (χ3v) is 2.25. The average Bonchev–Trinajstić information content (AvgIpc) is 2.28. The Balaban J connectivity index is 3.18. The van der Waals surface area contributed by atoms with Crippen LogP contribution in [0, 0.1) is 11.3 Å². The van der Waals surface area contributed by atoms with Gasteiger partial charge in [0.25, 0.3) is 6.43 Å². The predicted octanol–water partition coefficient (Wildman–Crippen LogP) is 2.65. The fourth-order valence-electron chi connectivity index (χ4n) is 1.36. The molecule has 0 aliphatic carbocycles. The number of carbonyl (C=O) groups is 1. The van der Waals surface area contributed by atoms with E-state index in [2.05, 4.69) is 9.72 Å². The number of carbonyl (C=O) groups excluding carboxylic acids is 1. The topological polar surface area (TPSA) is 63.0 Å². The number of rotatable bonds is 4. The molecule has 0 fully saturated rings. The molecule has 0 bridgehead atoms. The zero-order chi connectivity index (χ0) is 13.7. The van der Waals surface area contributed by atoms with Crippen LogP contribution in [0.2, 0.25) is 5.15 Å². The summed E-state index contributed by atoms with van der Waals surface area (Å²) in [5.74, 6) is -0.649. The minimum absolute atomic E-state index is 0.0984. The standard InChI is InChI=1S/C11H9ClF2N2O2/c1-2-18-10(17)4-8-7(5-15)6(11(13)14)3-9(12)16-8/h3,11H,2,4H2,1H3. The van der Waals surface area contributed by atoms with Crippen LogP contribution in [0.15, 0.2) is 6.07 Å². The van der Waals surface area contributed by atoms with Crippen LogP contribution in [-0.4, -0.2) is 17.6 Å².